The van der Waals surface area contributed by atoms with Gasteiger partial charge in [-0.2, -0.15) is 18.4 Å². The van der Waals surface area contributed by atoms with Crippen LogP contribution in [0.4, 0.5) is 22.0 Å². The van der Waals surface area contributed by atoms with Crippen molar-refractivity contribution in [2.75, 3.05) is 0 Å². The first-order valence-electron chi connectivity index (χ1n) is 4.22. The molecule has 0 aliphatic heterocycles. The van der Waals surface area contributed by atoms with E-state index in [1.54, 1.807) is 0 Å². The van der Waals surface area contributed by atoms with Crippen LogP contribution in [0.5, 0.6) is 5.75 Å². The third-order valence-electron chi connectivity index (χ3n) is 1.87. The van der Waals surface area contributed by atoms with Gasteiger partial charge in [0.1, 0.15) is 11.4 Å². The van der Waals surface area contributed by atoms with Crippen molar-refractivity contribution in [2.45, 2.75) is 19.0 Å². The predicted octanol–water partition coefficient (Wildman–Crippen LogP) is 2.81. The second-order valence-electron chi connectivity index (χ2n) is 3.03. The molecule has 0 saturated carbocycles. The number of aromatic hydroxyl groups is 1. The number of hydrogen-bond donors (Lipinski definition) is 1. The lowest BCUT2D eigenvalue weighted by molar-refractivity contribution is -0.141. The van der Waals surface area contributed by atoms with Crippen LogP contribution >= 0.6 is 0 Å². The summed E-state index contributed by atoms with van der Waals surface area (Å²) in [7, 11) is 0. The van der Waals surface area contributed by atoms with Crippen LogP contribution < -0.4 is 0 Å². The molecule has 0 atom stereocenters. The molecule has 3 nitrogen and oxygen atoms in total. The van der Waals surface area contributed by atoms with Gasteiger partial charge in [0.25, 0.3) is 6.43 Å². The molecule has 0 fully saturated rings. The fraction of sp³-hybridized carbons (Fsp3) is 0.333. The van der Waals surface area contributed by atoms with E-state index in [0.717, 1.165) is 0 Å². The Morgan fingerprint density at radius 2 is 2.00 bits per heavy atom. The van der Waals surface area contributed by atoms with Gasteiger partial charge < -0.3 is 5.11 Å². The molecule has 1 aromatic rings. The Balaban J connectivity index is 3.43. The van der Waals surface area contributed by atoms with Crippen LogP contribution in [0.2, 0.25) is 0 Å². The summed E-state index contributed by atoms with van der Waals surface area (Å²) in [5.41, 5.74) is -3.45. The van der Waals surface area contributed by atoms with Gasteiger partial charge in [-0.25, -0.2) is 13.8 Å². The number of pyridine rings is 1. The molecule has 0 radical (unpaired) electrons. The molecule has 1 aromatic heterocycles. The highest BCUT2D eigenvalue weighted by Crippen LogP contribution is 2.36. The van der Waals surface area contributed by atoms with Crippen LogP contribution in [0.1, 0.15) is 23.4 Å². The highest BCUT2D eigenvalue weighted by atomic mass is 19.4. The summed E-state index contributed by atoms with van der Waals surface area (Å²) in [6.45, 7) is 0. The van der Waals surface area contributed by atoms with Crippen molar-refractivity contribution < 1.29 is 27.1 Å². The summed E-state index contributed by atoms with van der Waals surface area (Å²) in [5.74, 6) is -1.07. The Hall–Kier alpha value is -1.91. The third-order valence-corrected chi connectivity index (χ3v) is 1.87. The number of hydrogen-bond acceptors (Lipinski definition) is 3. The van der Waals surface area contributed by atoms with Gasteiger partial charge >= 0.3 is 6.18 Å². The van der Waals surface area contributed by atoms with Crippen molar-refractivity contribution in [3.8, 4) is 11.8 Å². The van der Waals surface area contributed by atoms with E-state index < -0.39 is 41.7 Å². The average molecular weight is 252 g/mol. The van der Waals surface area contributed by atoms with Crippen molar-refractivity contribution in [3.05, 3.63) is 23.0 Å². The number of nitriles is 1. The van der Waals surface area contributed by atoms with E-state index in [1.165, 1.54) is 6.07 Å². The summed E-state index contributed by atoms with van der Waals surface area (Å²) in [6, 6.07) is 1.51. The lowest BCUT2D eigenvalue weighted by Gasteiger charge is -2.12. The lowest BCUT2D eigenvalue weighted by Crippen LogP contribution is -2.11. The van der Waals surface area contributed by atoms with E-state index in [0.29, 0.717) is 0 Å². The average Bonchev–Trinajstić information content (AvgIpc) is 2.19. The molecular formula is C9H5F5N2O. The highest BCUT2D eigenvalue weighted by Gasteiger charge is 2.35. The molecular weight excluding hydrogens is 247 g/mol. The van der Waals surface area contributed by atoms with Gasteiger partial charge in [0, 0.05) is 0 Å². The highest BCUT2D eigenvalue weighted by molar-refractivity contribution is 5.40. The third kappa shape index (κ3) is 2.81. The zero-order valence-corrected chi connectivity index (χ0v) is 8.09. The topological polar surface area (TPSA) is 56.9 Å². The molecule has 0 aromatic carbocycles. The molecule has 0 aliphatic carbocycles. The molecule has 0 spiro atoms. The smallest absolute Gasteiger partial charge is 0.433 e. The zero-order valence-electron chi connectivity index (χ0n) is 8.09. The maximum Gasteiger partial charge on any atom is 0.433 e. The Kier molecular flexibility index (Phi) is 3.50. The maximum absolute atomic E-state index is 12.4. The van der Waals surface area contributed by atoms with Gasteiger partial charge in [0.2, 0.25) is 0 Å². The van der Waals surface area contributed by atoms with Crippen LogP contribution in [0.15, 0.2) is 6.07 Å². The van der Waals surface area contributed by atoms with E-state index in [9.17, 15) is 27.1 Å². The molecule has 17 heavy (non-hydrogen) atoms. The number of alkyl halides is 5. The Labute approximate surface area is 92.1 Å². The summed E-state index contributed by atoms with van der Waals surface area (Å²) >= 11 is 0. The van der Waals surface area contributed by atoms with E-state index in [2.05, 4.69) is 4.98 Å². The van der Waals surface area contributed by atoms with Gasteiger partial charge in [-0.3, -0.25) is 0 Å². The fourth-order valence-electron chi connectivity index (χ4n) is 1.12. The van der Waals surface area contributed by atoms with Crippen molar-refractivity contribution in [1.82, 2.24) is 4.98 Å². The van der Waals surface area contributed by atoms with E-state index in [1.807, 2.05) is 0 Å². The summed E-state index contributed by atoms with van der Waals surface area (Å²) in [6.07, 6.45) is -8.88. The molecule has 0 bridgehead atoms. The first-order chi connectivity index (χ1) is 7.77. The summed E-state index contributed by atoms with van der Waals surface area (Å²) in [5, 5.41) is 17.5. The molecule has 0 aliphatic rings. The summed E-state index contributed by atoms with van der Waals surface area (Å²) < 4.78 is 61.7. The van der Waals surface area contributed by atoms with Gasteiger partial charge in [-0.1, -0.05) is 0 Å². The van der Waals surface area contributed by atoms with Crippen LogP contribution in [-0.2, 0) is 12.6 Å². The second kappa shape index (κ2) is 4.53. The van der Waals surface area contributed by atoms with Gasteiger partial charge in [-0.15, -0.1) is 0 Å². The number of aromatic nitrogens is 1. The van der Waals surface area contributed by atoms with Crippen molar-refractivity contribution in [2.24, 2.45) is 0 Å². The molecule has 1 heterocycles. The fourth-order valence-corrected chi connectivity index (χ4v) is 1.12. The summed E-state index contributed by atoms with van der Waals surface area (Å²) in [4.78, 5) is 2.95. The van der Waals surface area contributed by atoms with Crippen LogP contribution in [0.3, 0.4) is 0 Å². The Bertz CT molecular complexity index is 464. The molecule has 92 valence electrons. The first-order valence-corrected chi connectivity index (χ1v) is 4.22. The standard InChI is InChI=1S/C9H5F5N2O/c10-8(11)4-3-6(9(12,13)14)16-5(1-2-15)7(4)17/h3,8,17H,1H2. The molecule has 0 amide bonds. The van der Waals surface area contributed by atoms with Crippen LogP contribution in [0.25, 0.3) is 0 Å². The van der Waals surface area contributed by atoms with Gasteiger partial charge in [-0.05, 0) is 6.07 Å². The van der Waals surface area contributed by atoms with E-state index in [4.69, 9.17) is 5.26 Å². The normalized spacial score (nSPS) is 11.6. The number of rotatable bonds is 2. The minimum absolute atomic E-state index is 0.0703. The molecule has 0 saturated heterocycles. The molecule has 0 unspecified atom stereocenters. The monoisotopic (exact) mass is 252 g/mol. The Morgan fingerprint density at radius 3 is 2.41 bits per heavy atom. The minimum Gasteiger partial charge on any atom is -0.505 e. The van der Waals surface area contributed by atoms with Crippen molar-refractivity contribution in [3.63, 3.8) is 0 Å². The zero-order chi connectivity index (χ0) is 13.2. The quantitative estimate of drug-likeness (QED) is 0.823. The lowest BCUT2D eigenvalue weighted by atomic mass is 10.1. The molecule has 1 rings (SSSR count). The van der Waals surface area contributed by atoms with Gasteiger partial charge in [0.15, 0.2) is 0 Å². The SMILES string of the molecule is N#CCc1nc(C(F)(F)F)cc(C(F)F)c1O. The Morgan fingerprint density at radius 1 is 1.41 bits per heavy atom. The number of nitrogens with zero attached hydrogens (tertiary/aromatic N) is 2. The number of halogens is 5. The predicted molar refractivity (Wildman–Crippen MR) is 45.2 cm³/mol. The van der Waals surface area contributed by atoms with E-state index in [-0.39, 0.29) is 6.07 Å². The van der Waals surface area contributed by atoms with Crippen LogP contribution in [0, 0.1) is 11.3 Å². The maximum atomic E-state index is 12.4. The van der Waals surface area contributed by atoms with Crippen molar-refractivity contribution >= 4 is 0 Å². The largest absolute Gasteiger partial charge is 0.505 e. The van der Waals surface area contributed by atoms with E-state index >= 15 is 0 Å². The minimum atomic E-state index is -4.92. The van der Waals surface area contributed by atoms with Crippen molar-refractivity contribution in [1.29, 1.82) is 5.26 Å². The van der Waals surface area contributed by atoms with Crippen LogP contribution in [-0.4, -0.2) is 10.1 Å². The van der Waals surface area contributed by atoms with Gasteiger partial charge in [0.05, 0.1) is 23.7 Å². The molecule has 1 N–H and O–H groups in total. The molecule has 8 heteroatoms. The second-order valence-corrected chi connectivity index (χ2v) is 3.03. The first kappa shape index (κ1) is 13.2.